The van der Waals surface area contributed by atoms with E-state index in [9.17, 15) is 5.11 Å². The SMILES string of the molecule is CCC(=NCc1ccccc1)c1cccc(OC)c1O. The summed E-state index contributed by atoms with van der Waals surface area (Å²) in [5.74, 6) is 0.632. The predicted octanol–water partition coefficient (Wildman–Crippen LogP) is 3.80. The summed E-state index contributed by atoms with van der Waals surface area (Å²) < 4.78 is 5.14. The zero-order valence-corrected chi connectivity index (χ0v) is 11.8. The number of hydrogen-bond donors (Lipinski definition) is 1. The molecule has 0 atom stereocenters. The van der Waals surface area contributed by atoms with Crippen LogP contribution in [0, 0.1) is 0 Å². The molecule has 104 valence electrons. The van der Waals surface area contributed by atoms with Crippen LogP contribution >= 0.6 is 0 Å². The van der Waals surface area contributed by atoms with Gasteiger partial charge in [0.2, 0.25) is 0 Å². The number of para-hydroxylation sites is 1. The fourth-order valence-electron chi connectivity index (χ4n) is 2.08. The molecule has 0 unspecified atom stereocenters. The minimum absolute atomic E-state index is 0.156. The van der Waals surface area contributed by atoms with Gasteiger partial charge in [0.15, 0.2) is 11.5 Å². The molecule has 0 amide bonds. The second-order valence-electron chi connectivity index (χ2n) is 4.46. The number of methoxy groups -OCH3 is 1. The molecule has 2 aromatic carbocycles. The minimum Gasteiger partial charge on any atom is -0.504 e. The number of benzene rings is 2. The normalized spacial score (nSPS) is 11.4. The highest BCUT2D eigenvalue weighted by molar-refractivity contribution is 6.03. The van der Waals surface area contributed by atoms with E-state index in [-0.39, 0.29) is 5.75 Å². The third-order valence-electron chi connectivity index (χ3n) is 3.16. The maximum atomic E-state index is 10.2. The van der Waals surface area contributed by atoms with Crippen molar-refractivity contribution in [1.29, 1.82) is 0 Å². The Hall–Kier alpha value is -2.29. The van der Waals surface area contributed by atoms with Crippen LogP contribution in [0.25, 0.3) is 0 Å². The van der Waals surface area contributed by atoms with Gasteiger partial charge in [0.05, 0.1) is 13.7 Å². The van der Waals surface area contributed by atoms with Crippen LogP contribution in [-0.4, -0.2) is 17.9 Å². The van der Waals surface area contributed by atoms with Crippen molar-refractivity contribution in [2.45, 2.75) is 19.9 Å². The van der Waals surface area contributed by atoms with Gasteiger partial charge in [-0.1, -0.05) is 43.3 Å². The first-order valence-electron chi connectivity index (χ1n) is 6.69. The second kappa shape index (κ2) is 6.75. The van der Waals surface area contributed by atoms with Crippen molar-refractivity contribution in [3.63, 3.8) is 0 Å². The largest absolute Gasteiger partial charge is 0.504 e. The number of hydrogen-bond acceptors (Lipinski definition) is 3. The maximum Gasteiger partial charge on any atom is 0.166 e. The molecular weight excluding hydrogens is 250 g/mol. The third-order valence-corrected chi connectivity index (χ3v) is 3.16. The molecule has 0 heterocycles. The smallest absolute Gasteiger partial charge is 0.166 e. The average Bonchev–Trinajstić information content (AvgIpc) is 2.50. The molecule has 2 aromatic rings. The molecule has 0 aromatic heterocycles. The Morgan fingerprint density at radius 1 is 1.10 bits per heavy atom. The first-order chi connectivity index (χ1) is 9.76. The van der Waals surface area contributed by atoms with Crippen LogP contribution in [0.2, 0.25) is 0 Å². The highest BCUT2D eigenvalue weighted by atomic mass is 16.5. The zero-order chi connectivity index (χ0) is 14.4. The molecule has 2 rings (SSSR count). The Morgan fingerprint density at radius 2 is 1.85 bits per heavy atom. The Morgan fingerprint density at radius 3 is 2.50 bits per heavy atom. The lowest BCUT2D eigenvalue weighted by atomic mass is 10.1. The van der Waals surface area contributed by atoms with Gasteiger partial charge in [0, 0.05) is 11.3 Å². The number of nitrogens with zero attached hydrogens (tertiary/aromatic N) is 1. The monoisotopic (exact) mass is 269 g/mol. The predicted molar refractivity (Wildman–Crippen MR) is 81.6 cm³/mol. The first kappa shape index (κ1) is 14.1. The van der Waals surface area contributed by atoms with Gasteiger partial charge in [-0.15, -0.1) is 0 Å². The van der Waals surface area contributed by atoms with Crippen LogP contribution in [0.1, 0.15) is 24.5 Å². The summed E-state index contributed by atoms with van der Waals surface area (Å²) in [6, 6.07) is 15.5. The third kappa shape index (κ3) is 3.18. The van der Waals surface area contributed by atoms with Crippen molar-refractivity contribution in [2.75, 3.05) is 7.11 Å². The van der Waals surface area contributed by atoms with Crippen LogP contribution in [-0.2, 0) is 6.54 Å². The van der Waals surface area contributed by atoms with Crippen molar-refractivity contribution in [2.24, 2.45) is 4.99 Å². The molecule has 0 spiro atoms. The summed E-state index contributed by atoms with van der Waals surface area (Å²) >= 11 is 0. The molecule has 0 aliphatic rings. The van der Waals surface area contributed by atoms with E-state index < -0.39 is 0 Å². The van der Waals surface area contributed by atoms with Gasteiger partial charge < -0.3 is 9.84 Å². The summed E-state index contributed by atoms with van der Waals surface area (Å²) in [6.07, 6.45) is 0.758. The van der Waals surface area contributed by atoms with E-state index in [1.807, 2.05) is 49.4 Å². The summed E-state index contributed by atoms with van der Waals surface area (Å²) in [4.78, 5) is 4.62. The second-order valence-corrected chi connectivity index (χ2v) is 4.46. The van der Waals surface area contributed by atoms with Gasteiger partial charge in [-0.3, -0.25) is 4.99 Å². The van der Waals surface area contributed by atoms with Crippen molar-refractivity contribution in [3.8, 4) is 11.5 Å². The van der Waals surface area contributed by atoms with Crippen LogP contribution in [0.3, 0.4) is 0 Å². The summed E-state index contributed by atoms with van der Waals surface area (Å²) in [5, 5.41) is 10.2. The first-order valence-corrected chi connectivity index (χ1v) is 6.69. The molecule has 0 fully saturated rings. The molecule has 0 aliphatic heterocycles. The summed E-state index contributed by atoms with van der Waals surface area (Å²) in [5.41, 5.74) is 2.77. The van der Waals surface area contributed by atoms with E-state index in [4.69, 9.17) is 4.74 Å². The quantitative estimate of drug-likeness (QED) is 0.839. The van der Waals surface area contributed by atoms with Crippen LogP contribution in [0.4, 0.5) is 0 Å². The van der Waals surface area contributed by atoms with Gasteiger partial charge in [-0.2, -0.15) is 0 Å². The number of phenols is 1. The lowest BCUT2D eigenvalue weighted by molar-refractivity contribution is 0.373. The van der Waals surface area contributed by atoms with E-state index in [1.165, 1.54) is 0 Å². The molecule has 3 heteroatoms. The van der Waals surface area contributed by atoms with Crippen molar-refractivity contribution < 1.29 is 9.84 Å². The van der Waals surface area contributed by atoms with E-state index in [2.05, 4.69) is 4.99 Å². The number of aromatic hydroxyl groups is 1. The highest BCUT2D eigenvalue weighted by Gasteiger charge is 2.11. The number of phenolic OH excluding ortho intramolecular Hbond substituents is 1. The standard InChI is InChI=1S/C17H19NO2/c1-3-15(18-12-13-8-5-4-6-9-13)14-10-7-11-16(20-2)17(14)19/h4-11,19H,3,12H2,1-2H3. The summed E-state index contributed by atoms with van der Waals surface area (Å²) in [6.45, 7) is 2.64. The number of aliphatic imine (C=N–C) groups is 1. The van der Waals surface area contributed by atoms with Gasteiger partial charge in [-0.25, -0.2) is 0 Å². The molecule has 0 radical (unpaired) electrons. The Kier molecular flexibility index (Phi) is 4.77. The van der Waals surface area contributed by atoms with Gasteiger partial charge in [-0.05, 0) is 24.1 Å². The van der Waals surface area contributed by atoms with Crippen molar-refractivity contribution in [3.05, 3.63) is 59.7 Å². The lowest BCUT2D eigenvalue weighted by Gasteiger charge is -2.10. The Labute approximate surface area is 119 Å². The minimum atomic E-state index is 0.156. The maximum absolute atomic E-state index is 10.2. The topological polar surface area (TPSA) is 41.8 Å². The van der Waals surface area contributed by atoms with E-state index in [0.29, 0.717) is 12.3 Å². The number of rotatable bonds is 5. The van der Waals surface area contributed by atoms with Crippen LogP contribution in [0.15, 0.2) is 53.5 Å². The van der Waals surface area contributed by atoms with Gasteiger partial charge >= 0.3 is 0 Å². The fourth-order valence-corrected chi connectivity index (χ4v) is 2.08. The Bertz CT molecular complexity index is 591. The van der Waals surface area contributed by atoms with E-state index in [0.717, 1.165) is 23.3 Å². The van der Waals surface area contributed by atoms with Gasteiger partial charge in [0.25, 0.3) is 0 Å². The van der Waals surface area contributed by atoms with Crippen molar-refractivity contribution >= 4 is 5.71 Å². The fraction of sp³-hybridized carbons (Fsp3) is 0.235. The molecule has 3 nitrogen and oxygen atoms in total. The molecule has 0 bridgehead atoms. The van der Waals surface area contributed by atoms with E-state index in [1.54, 1.807) is 13.2 Å². The molecule has 20 heavy (non-hydrogen) atoms. The van der Waals surface area contributed by atoms with E-state index >= 15 is 0 Å². The average molecular weight is 269 g/mol. The van der Waals surface area contributed by atoms with Crippen LogP contribution in [0.5, 0.6) is 11.5 Å². The molecule has 1 N–H and O–H groups in total. The van der Waals surface area contributed by atoms with Gasteiger partial charge in [0.1, 0.15) is 0 Å². The summed E-state index contributed by atoms with van der Waals surface area (Å²) in [7, 11) is 1.55. The van der Waals surface area contributed by atoms with Crippen LogP contribution < -0.4 is 4.74 Å². The van der Waals surface area contributed by atoms with Crippen molar-refractivity contribution in [1.82, 2.24) is 0 Å². The zero-order valence-electron chi connectivity index (χ0n) is 11.8. The number of ether oxygens (including phenoxy) is 1. The molecule has 0 saturated carbocycles. The highest BCUT2D eigenvalue weighted by Crippen LogP contribution is 2.30. The lowest BCUT2D eigenvalue weighted by Crippen LogP contribution is -2.01. The molecule has 0 saturated heterocycles. The molecule has 0 aliphatic carbocycles. The Balaban J connectivity index is 2.28. The molecular formula is C17H19NO2.